The van der Waals surface area contributed by atoms with E-state index in [0.717, 1.165) is 19.3 Å². The lowest BCUT2D eigenvalue weighted by atomic mass is 10.00. The predicted molar refractivity (Wildman–Crippen MR) is 72.0 cm³/mol. The topological polar surface area (TPSA) is 66.4 Å². The summed E-state index contributed by atoms with van der Waals surface area (Å²) in [7, 11) is 0. The highest BCUT2D eigenvalue weighted by Crippen LogP contribution is 2.14. The molecule has 0 spiro atoms. The van der Waals surface area contributed by atoms with Gasteiger partial charge in [0.15, 0.2) is 0 Å². The number of benzene rings is 1. The molecule has 0 saturated carbocycles. The lowest BCUT2D eigenvalue weighted by molar-refractivity contribution is -0.136. The lowest BCUT2D eigenvalue weighted by Gasteiger charge is -2.20. The number of amides is 1. The quantitative estimate of drug-likeness (QED) is 0.814. The zero-order valence-corrected chi connectivity index (χ0v) is 10.6. The van der Waals surface area contributed by atoms with Crippen LogP contribution in [0.2, 0.25) is 0 Å². The second kappa shape index (κ2) is 6.18. The van der Waals surface area contributed by atoms with Crippen LogP contribution in [-0.4, -0.2) is 23.0 Å². The average Bonchev–Trinajstić information content (AvgIpc) is 2.39. The predicted octanol–water partition coefficient (Wildman–Crippen LogP) is 2.15. The number of allylic oxidation sites excluding steroid dienone is 1. The van der Waals surface area contributed by atoms with Crippen LogP contribution in [0.4, 0.5) is 0 Å². The van der Waals surface area contributed by atoms with E-state index in [2.05, 4.69) is 17.5 Å². The maximum absolute atomic E-state index is 12.2. The summed E-state index contributed by atoms with van der Waals surface area (Å²) >= 11 is 0. The van der Waals surface area contributed by atoms with Crippen molar-refractivity contribution in [3.63, 3.8) is 0 Å². The number of carboxylic acids is 1. The largest absolute Gasteiger partial charge is 0.481 e. The van der Waals surface area contributed by atoms with Gasteiger partial charge < -0.3 is 10.4 Å². The molecule has 0 aliphatic heterocycles. The number of hydrogen-bond acceptors (Lipinski definition) is 2. The van der Waals surface area contributed by atoms with Gasteiger partial charge in [0, 0.05) is 11.6 Å². The SMILES string of the molecule is O=C(O)Cc1ccccc1C(=O)NC1CC=CCC1. The van der Waals surface area contributed by atoms with Gasteiger partial charge in [-0.25, -0.2) is 0 Å². The van der Waals surface area contributed by atoms with E-state index in [0.29, 0.717) is 11.1 Å². The van der Waals surface area contributed by atoms with Crippen LogP contribution in [0.3, 0.4) is 0 Å². The first-order chi connectivity index (χ1) is 9.16. The molecule has 1 aliphatic carbocycles. The average molecular weight is 259 g/mol. The number of nitrogens with one attached hydrogen (secondary N) is 1. The molecule has 0 bridgehead atoms. The molecule has 1 unspecified atom stereocenters. The van der Waals surface area contributed by atoms with Gasteiger partial charge >= 0.3 is 5.97 Å². The third kappa shape index (κ3) is 3.68. The summed E-state index contributed by atoms with van der Waals surface area (Å²) in [6, 6.07) is 7.01. The normalized spacial score (nSPS) is 18.0. The molecule has 1 atom stereocenters. The molecular formula is C15H17NO3. The summed E-state index contributed by atoms with van der Waals surface area (Å²) in [6.45, 7) is 0. The van der Waals surface area contributed by atoms with Crippen molar-refractivity contribution >= 4 is 11.9 Å². The van der Waals surface area contributed by atoms with Crippen LogP contribution in [0.1, 0.15) is 35.2 Å². The lowest BCUT2D eigenvalue weighted by Crippen LogP contribution is -2.35. The fraction of sp³-hybridized carbons (Fsp3) is 0.333. The van der Waals surface area contributed by atoms with E-state index < -0.39 is 5.97 Å². The van der Waals surface area contributed by atoms with Crippen LogP contribution in [0, 0.1) is 0 Å². The van der Waals surface area contributed by atoms with Crippen LogP contribution < -0.4 is 5.32 Å². The Bertz CT molecular complexity index is 508. The van der Waals surface area contributed by atoms with E-state index in [1.807, 2.05) is 0 Å². The monoisotopic (exact) mass is 259 g/mol. The van der Waals surface area contributed by atoms with Gasteiger partial charge in [0.05, 0.1) is 6.42 Å². The Morgan fingerprint density at radius 3 is 2.74 bits per heavy atom. The molecule has 1 aromatic carbocycles. The molecule has 100 valence electrons. The number of hydrogen-bond donors (Lipinski definition) is 2. The van der Waals surface area contributed by atoms with Crippen molar-refractivity contribution in [3.8, 4) is 0 Å². The van der Waals surface area contributed by atoms with Crippen LogP contribution in [-0.2, 0) is 11.2 Å². The molecule has 19 heavy (non-hydrogen) atoms. The minimum atomic E-state index is -0.930. The Kier molecular flexibility index (Phi) is 4.34. The molecule has 2 N–H and O–H groups in total. The second-order valence-electron chi connectivity index (χ2n) is 4.68. The summed E-state index contributed by atoms with van der Waals surface area (Å²) in [5.74, 6) is -1.11. The zero-order valence-electron chi connectivity index (χ0n) is 10.6. The van der Waals surface area contributed by atoms with Crippen molar-refractivity contribution < 1.29 is 14.7 Å². The van der Waals surface area contributed by atoms with Crippen molar-refractivity contribution in [2.45, 2.75) is 31.7 Å². The standard InChI is InChI=1S/C15H17NO3/c17-14(18)10-11-6-4-5-9-13(11)15(19)16-12-7-2-1-3-8-12/h1-2,4-6,9,12H,3,7-8,10H2,(H,16,19)(H,17,18). The fourth-order valence-electron chi connectivity index (χ4n) is 2.25. The molecule has 0 saturated heterocycles. The first kappa shape index (κ1) is 13.3. The van der Waals surface area contributed by atoms with Crippen LogP contribution in [0.25, 0.3) is 0 Å². The Labute approximate surface area is 112 Å². The number of carboxylic acid groups (broad SMARTS) is 1. The molecule has 1 aromatic rings. The molecule has 0 heterocycles. The van der Waals surface area contributed by atoms with Crippen molar-refractivity contribution in [2.75, 3.05) is 0 Å². The molecule has 1 aliphatic rings. The van der Waals surface area contributed by atoms with Gasteiger partial charge in [-0.15, -0.1) is 0 Å². The van der Waals surface area contributed by atoms with E-state index in [4.69, 9.17) is 5.11 Å². The van der Waals surface area contributed by atoms with Crippen LogP contribution in [0.15, 0.2) is 36.4 Å². The van der Waals surface area contributed by atoms with Gasteiger partial charge in [-0.1, -0.05) is 30.4 Å². The Morgan fingerprint density at radius 2 is 2.05 bits per heavy atom. The van der Waals surface area contributed by atoms with E-state index in [-0.39, 0.29) is 18.4 Å². The van der Waals surface area contributed by atoms with Crippen LogP contribution in [0.5, 0.6) is 0 Å². The van der Waals surface area contributed by atoms with Gasteiger partial charge in [-0.2, -0.15) is 0 Å². The Hall–Kier alpha value is -2.10. The molecule has 1 amide bonds. The van der Waals surface area contributed by atoms with E-state index in [1.165, 1.54) is 0 Å². The third-order valence-electron chi connectivity index (χ3n) is 3.21. The molecule has 2 rings (SSSR count). The maximum Gasteiger partial charge on any atom is 0.307 e. The smallest absolute Gasteiger partial charge is 0.307 e. The summed E-state index contributed by atoms with van der Waals surface area (Å²) in [5.41, 5.74) is 1.01. The molecule has 4 heteroatoms. The van der Waals surface area contributed by atoms with Gasteiger partial charge in [0.2, 0.25) is 0 Å². The summed E-state index contributed by atoms with van der Waals surface area (Å²) in [4.78, 5) is 23.0. The molecule has 4 nitrogen and oxygen atoms in total. The van der Waals surface area contributed by atoms with Gasteiger partial charge in [0.1, 0.15) is 0 Å². The van der Waals surface area contributed by atoms with Crippen molar-refractivity contribution in [1.82, 2.24) is 5.32 Å². The van der Waals surface area contributed by atoms with Gasteiger partial charge in [-0.05, 0) is 30.9 Å². The minimum Gasteiger partial charge on any atom is -0.481 e. The van der Waals surface area contributed by atoms with Crippen molar-refractivity contribution in [1.29, 1.82) is 0 Å². The minimum absolute atomic E-state index is 0.131. The Balaban J connectivity index is 2.09. The van der Waals surface area contributed by atoms with E-state index >= 15 is 0 Å². The first-order valence-corrected chi connectivity index (χ1v) is 6.42. The van der Waals surface area contributed by atoms with Gasteiger partial charge in [0.25, 0.3) is 5.91 Å². The first-order valence-electron chi connectivity index (χ1n) is 6.42. The number of carbonyl (C=O) groups is 2. The van der Waals surface area contributed by atoms with Crippen molar-refractivity contribution in [2.24, 2.45) is 0 Å². The Morgan fingerprint density at radius 1 is 1.26 bits per heavy atom. The number of aliphatic carboxylic acids is 1. The molecule has 0 radical (unpaired) electrons. The van der Waals surface area contributed by atoms with Crippen LogP contribution >= 0.6 is 0 Å². The second-order valence-corrected chi connectivity index (χ2v) is 4.68. The highest BCUT2D eigenvalue weighted by Gasteiger charge is 2.17. The molecule has 0 fully saturated rings. The summed E-state index contributed by atoms with van der Waals surface area (Å²) in [6.07, 6.45) is 6.80. The summed E-state index contributed by atoms with van der Waals surface area (Å²) < 4.78 is 0. The fourth-order valence-corrected chi connectivity index (χ4v) is 2.25. The third-order valence-corrected chi connectivity index (χ3v) is 3.21. The number of carbonyl (C=O) groups excluding carboxylic acids is 1. The maximum atomic E-state index is 12.2. The van der Waals surface area contributed by atoms with E-state index in [9.17, 15) is 9.59 Å². The van der Waals surface area contributed by atoms with Gasteiger partial charge in [-0.3, -0.25) is 9.59 Å². The number of rotatable bonds is 4. The molecular weight excluding hydrogens is 242 g/mol. The highest BCUT2D eigenvalue weighted by atomic mass is 16.4. The summed E-state index contributed by atoms with van der Waals surface area (Å²) in [5, 5.41) is 11.8. The van der Waals surface area contributed by atoms with Crippen molar-refractivity contribution in [3.05, 3.63) is 47.5 Å². The molecule has 0 aromatic heterocycles. The highest BCUT2D eigenvalue weighted by molar-refractivity contribution is 5.96. The van der Waals surface area contributed by atoms with E-state index in [1.54, 1.807) is 24.3 Å². The zero-order chi connectivity index (χ0) is 13.7.